The van der Waals surface area contributed by atoms with Crippen LogP contribution in [0.2, 0.25) is 0 Å². The fraction of sp³-hybridized carbons (Fsp3) is 0.190. The molecule has 0 radical (unpaired) electrons. The number of fused-ring (bicyclic) bond motifs is 2. The second-order valence-corrected chi connectivity index (χ2v) is 6.62. The van der Waals surface area contributed by atoms with Crippen molar-refractivity contribution < 1.29 is 29.1 Å². The summed E-state index contributed by atoms with van der Waals surface area (Å²) < 4.78 is 0. The lowest BCUT2D eigenvalue weighted by atomic mass is 9.78. The highest BCUT2D eigenvalue weighted by atomic mass is 16.4. The molecule has 3 rings (SSSR count). The molecule has 136 valence electrons. The molecule has 2 aromatic rings. The van der Waals surface area contributed by atoms with E-state index in [2.05, 4.69) is 0 Å². The summed E-state index contributed by atoms with van der Waals surface area (Å²) in [5.74, 6) is -2.62. The zero-order valence-electron chi connectivity index (χ0n) is 14.8. The molecule has 6 nitrogen and oxygen atoms in total. The van der Waals surface area contributed by atoms with Gasteiger partial charge in [-0.2, -0.15) is 0 Å². The smallest absolute Gasteiger partial charge is 0.335 e. The number of hydrogen-bond acceptors (Lipinski definition) is 5. The van der Waals surface area contributed by atoms with E-state index in [1.807, 2.05) is 0 Å². The third kappa shape index (κ3) is 3.21. The Kier molecular flexibility index (Phi) is 4.57. The van der Waals surface area contributed by atoms with E-state index >= 15 is 0 Å². The molecule has 0 bridgehead atoms. The monoisotopic (exact) mass is 364 g/mol. The van der Waals surface area contributed by atoms with Crippen LogP contribution in [0, 0.1) is 0 Å². The molecule has 0 aromatic heterocycles. The lowest BCUT2D eigenvalue weighted by Gasteiger charge is -2.22. The van der Waals surface area contributed by atoms with E-state index < -0.39 is 17.5 Å². The molecule has 0 saturated heterocycles. The van der Waals surface area contributed by atoms with E-state index in [1.165, 1.54) is 32.0 Å². The van der Waals surface area contributed by atoms with E-state index in [0.29, 0.717) is 5.56 Å². The van der Waals surface area contributed by atoms with Gasteiger partial charge in [-0.05, 0) is 37.1 Å². The molecule has 0 saturated carbocycles. The van der Waals surface area contributed by atoms with Crippen molar-refractivity contribution in [2.45, 2.75) is 26.7 Å². The molecular formula is C21H16O6. The number of rotatable bonds is 5. The number of carboxylic acid groups (broad SMARTS) is 1. The number of Topliss-reactive ketones (excluding diaryl/α,β-unsaturated/α-hetero) is 2. The highest BCUT2D eigenvalue weighted by molar-refractivity contribution is 6.30. The minimum Gasteiger partial charge on any atom is -0.478 e. The Morgan fingerprint density at radius 2 is 1.41 bits per heavy atom. The first-order valence-corrected chi connectivity index (χ1v) is 8.31. The summed E-state index contributed by atoms with van der Waals surface area (Å²) in [7, 11) is 0. The van der Waals surface area contributed by atoms with Crippen LogP contribution in [0.1, 0.15) is 67.2 Å². The van der Waals surface area contributed by atoms with Gasteiger partial charge in [0, 0.05) is 35.1 Å². The van der Waals surface area contributed by atoms with Crippen LogP contribution >= 0.6 is 0 Å². The van der Waals surface area contributed by atoms with Gasteiger partial charge in [-0.15, -0.1) is 0 Å². The van der Waals surface area contributed by atoms with Crippen molar-refractivity contribution in [3.63, 3.8) is 0 Å². The molecule has 0 spiro atoms. The predicted octanol–water partition coefficient (Wildman–Crippen LogP) is 2.42. The zero-order valence-corrected chi connectivity index (χ0v) is 14.8. The third-order valence-corrected chi connectivity index (χ3v) is 4.44. The van der Waals surface area contributed by atoms with Gasteiger partial charge < -0.3 is 5.11 Å². The number of benzene rings is 2. The number of aromatic carboxylic acids is 1. The molecular weight excluding hydrogens is 348 g/mol. The second-order valence-electron chi connectivity index (χ2n) is 6.62. The fourth-order valence-corrected chi connectivity index (χ4v) is 3.42. The van der Waals surface area contributed by atoms with E-state index in [4.69, 9.17) is 0 Å². The molecule has 0 heterocycles. The van der Waals surface area contributed by atoms with E-state index in [1.54, 1.807) is 12.1 Å². The number of carbonyl (C=O) groups is 5. The van der Waals surface area contributed by atoms with Gasteiger partial charge in [0.25, 0.3) is 0 Å². The van der Waals surface area contributed by atoms with Gasteiger partial charge in [0.2, 0.25) is 0 Å². The SMILES string of the molecule is CC(=O)Cc1cccc2c1C(=O)c1c(CC(C)=O)cc(C(=O)O)cc1C2=O. The normalized spacial score (nSPS) is 12.4. The van der Waals surface area contributed by atoms with Gasteiger partial charge in [0.05, 0.1) is 5.56 Å². The number of carbonyl (C=O) groups excluding carboxylic acids is 4. The molecule has 0 unspecified atom stereocenters. The van der Waals surface area contributed by atoms with Crippen LogP contribution in [-0.2, 0) is 22.4 Å². The Balaban J connectivity index is 2.31. The quantitative estimate of drug-likeness (QED) is 0.745. The number of hydrogen-bond donors (Lipinski definition) is 1. The molecule has 1 aliphatic rings. The highest BCUT2D eigenvalue weighted by Gasteiger charge is 2.34. The molecule has 1 N–H and O–H groups in total. The summed E-state index contributed by atoms with van der Waals surface area (Å²) in [5.41, 5.74) is 0.807. The van der Waals surface area contributed by atoms with Crippen molar-refractivity contribution in [2.24, 2.45) is 0 Å². The van der Waals surface area contributed by atoms with E-state index in [9.17, 15) is 29.1 Å². The van der Waals surface area contributed by atoms with Gasteiger partial charge in [0.15, 0.2) is 11.6 Å². The Hall–Kier alpha value is -3.41. The topological polar surface area (TPSA) is 106 Å². The highest BCUT2D eigenvalue weighted by Crippen LogP contribution is 2.33. The minimum absolute atomic E-state index is 0.00672. The van der Waals surface area contributed by atoms with Crippen molar-refractivity contribution >= 4 is 29.1 Å². The van der Waals surface area contributed by atoms with Crippen LogP contribution < -0.4 is 0 Å². The molecule has 1 aliphatic carbocycles. The third-order valence-electron chi connectivity index (χ3n) is 4.44. The minimum atomic E-state index is -1.25. The zero-order chi connectivity index (χ0) is 19.9. The Morgan fingerprint density at radius 3 is 2.00 bits per heavy atom. The van der Waals surface area contributed by atoms with Crippen molar-refractivity contribution in [1.82, 2.24) is 0 Å². The fourth-order valence-electron chi connectivity index (χ4n) is 3.42. The summed E-state index contributed by atoms with van der Waals surface area (Å²) in [4.78, 5) is 60.8. The maximum atomic E-state index is 13.2. The summed E-state index contributed by atoms with van der Waals surface area (Å²) in [5, 5.41) is 9.32. The van der Waals surface area contributed by atoms with E-state index in [0.717, 1.165) is 0 Å². The summed E-state index contributed by atoms with van der Waals surface area (Å²) in [6, 6.07) is 7.12. The van der Waals surface area contributed by atoms with Gasteiger partial charge in [-0.1, -0.05) is 18.2 Å². The van der Waals surface area contributed by atoms with Crippen LogP contribution in [0.5, 0.6) is 0 Å². The molecule has 2 aromatic carbocycles. The van der Waals surface area contributed by atoms with Crippen LogP contribution in [0.25, 0.3) is 0 Å². The number of ketones is 4. The average Bonchev–Trinajstić information content (AvgIpc) is 2.57. The Labute approximate surface area is 154 Å². The van der Waals surface area contributed by atoms with Gasteiger partial charge in [-0.3, -0.25) is 19.2 Å². The first-order chi connectivity index (χ1) is 12.7. The predicted molar refractivity (Wildman–Crippen MR) is 95.5 cm³/mol. The van der Waals surface area contributed by atoms with Crippen molar-refractivity contribution in [2.75, 3.05) is 0 Å². The molecule has 0 aliphatic heterocycles. The summed E-state index contributed by atoms with van der Waals surface area (Å²) >= 11 is 0. The van der Waals surface area contributed by atoms with Crippen molar-refractivity contribution in [3.05, 3.63) is 69.3 Å². The second kappa shape index (κ2) is 6.72. The standard InChI is InChI=1S/C21H16O6/c1-10(22)6-12-4-3-5-15-17(12)20(25)18-13(7-11(2)23)8-14(21(26)27)9-16(18)19(15)24/h3-5,8-9H,6-7H2,1-2H3,(H,26,27). The lowest BCUT2D eigenvalue weighted by Crippen LogP contribution is -2.26. The molecule has 0 fully saturated rings. The van der Waals surface area contributed by atoms with Gasteiger partial charge >= 0.3 is 5.97 Å². The van der Waals surface area contributed by atoms with Crippen LogP contribution in [0.4, 0.5) is 0 Å². The molecule has 0 amide bonds. The molecule has 6 heteroatoms. The summed E-state index contributed by atoms with van der Waals surface area (Å²) in [6.45, 7) is 2.72. The lowest BCUT2D eigenvalue weighted by molar-refractivity contribution is -0.117. The van der Waals surface area contributed by atoms with Crippen LogP contribution in [0.3, 0.4) is 0 Å². The first kappa shape index (κ1) is 18.4. The van der Waals surface area contributed by atoms with Crippen LogP contribution in [-0.4, -0.2) is 34.2 Å². The Bertz CT molecular complexity index is 1040. The van der Waals surface area contributed by atoms with Crippen molar-refractivity contribution in [1.29, 1.82) is 0 Å². The maximum absolute atomic E-state index is 13.2. The van der Waals surface area contributed by atoms with E-state index in [-0.39, 0.29) is 57.8 Å². The summed E-state index contributed by atoms with van der Waals surface area (Å²) in [6.07, 6.45) is -0.153. The van der Waals surface area contributed by atoms with Crippen molar-refractivity contribution in [3.8, 4) is 0 Å². The van der Waals surface area contributed by atoms with Crippen LogP contribution in [0.15, 0.2) is 30.3 Å². The molecule has 27 heavy (non-hydrogen) atoms. The Morgan fingerprint density at radius 1 is 0.815 bits per heavy atom. The first-order valence-electron chi connectivity index (χ1n) is 8.31. The number of carboxylic acids is 1. The largest absolute Gasteiger partial charge is 0.478 e. The van der Waals surface area contributed by atoms with Gasteiger partial charge in [-0.25, -0.2) is 4.79 Å². The van der Waals surface area contributed by atoms with Gasteiger partial charge in [0.1, 0.15) is 11.6 Å². The maximum Gasteiger partial charge on any atom is 0.335 e. The molecule has 0 atom stereocenters. The average molecular weight is 364 g/mol.